The minimum atomic E-state index is -0.359. The summed E-state index contributed by atoms with van der Waals surface area (Å²) in [5.41, 5.74) is 5.96. The van der Waals surface area contributed by atoms with Gasteiger partial charge in [-0.1, -0.05) is 72.8 Å². The Morgan fingerprint density at radius 1 is 1.03 bits per heavy atom. The zero-order chi connectivity index (χ0) is 20.5. The van der Waals surface area contributed by atoms with Gasteiger partial charge in [-0.3, -0.25) is 9.59 Å². The Balaban J connectivity index is 1.29. The molecular formula is C25H21N3O2. The van der Waals surface area contributed by atoms with Gasteiger partial charge in [0.2, 0.25) is 5.91 Å². The molecule has 0 aromatic heterocycles. The first-order valence-corrected chi connectivity index (χ1v) is 10.2. The van der Waals surface area contributed by atoms with E-state index >= 15 is 0 Å². The van der Waals surface area contributed by atoms with Crippen LogP contribution < -0.4 is 5.32 Å². The van der Waals surface area contributed by atoms with Gasteiger partial charge < -0.3 is 5.32 Å². The fourth-order valence-electron chi connectivity index (χ4n) is 4.35. The Bertz CT molecular complexity index is 1140. The Hall–Kier alpha value is -3.60. The third-order valence-electron chi connectivity index (χ3n) is 5.87. The zero-order valence-electron chi connectivity index (χ0n) is 16.4. The molecule has 5 nitrogen and oxygen atoms in total. The molecule has 1 unspecified atom stereocenters. The van der Waals surface area contributed by atoms with Crippen molar-refractivity contribution in [2.24, 2.45) is 16.1 Å². The number of hydrogen-bond donors (Lipinski definition) is 1. The zero-order valence-corrected chi connectivity index (χ0v) is 16.4. The third-order valence-corrected chi connectivity index (χ3v) is 5.87. The van der Waals surface area contributed by atoms with Gasteiger partial charge in [0.05, 0.1) is 24.1 Å². The highest BCUT2D eigenvalue weighted by atomic mass is 16.2. The molecule has 148 valence electrons. The molecule has 2 amide bonds. The van der Waals surface area contributed by atoms with Gasteiger partial charge in [-0.05, 0) is 35.1 Å². The molecule has 1 heterocycles. The van der Waals surface area contributed by atoms with Crippen molar-refractivity contribution in [3.63, 3.8) is 0 Å². The summed E-state index contributed by atoms with van der Waals surface area (Å²) in [6.45, 7) is 0. The lowest BCUT2D eigenvalue weighted by Gasteiger charge is -2.19. The van der Waals surface area contributed by atoms with Gasteiger partial charge >= 0.3 is 0 Å². The molecule has 0 spiro atoms. The van der Waals surface area contributed by atoms with Gasteiger partial charge in [-0.15, -0.1) is 10.2 Å². The predicted octanol–water partition coefficient (Wildman–Crippen LogP) is 4.48. The number of fused-ring (bicyclic) bond motifs is 2. The lowest BCUT2D eigenvalue weighted by Crippen LogP contribution is -2.28. The first-order chi connectivity index (χ1) is 14.7. The highest BCUT2D eigenvalue weighted by Crippen LogP contribution is 2.34. The summed E-state index contributed by atoms with van der Waals surface area (Å²) in [4.78, 5) is 24.6. The minimum Gasteiger partial charge on any atom is -0.349 e. The number of carbonyl (C=O) groups is 2. The number of carbonyl (C=O) groups excluding carboxylic acids is 2. The summed E-state index contributed by atoms with van der Waals surface area (Å²) in [6.07, 6.45) is 9.81. The summed E-state index contributed by atoms with van der Waals surface area (Å²) < 4.78 is 0. The molecule has 1 aliphatic heterocycles. The first kappa shape index (κ1) is 18.4. The van der Waals surface area contributed by atoms with E-state index in [2.05, 4.69) is 27.7 Å². The maximum absolute atomic E-state index is 12.6. The number of nitrogens with zero attached hydrogens (tertiary/aromatic N) is 2. The van der Waals surface area contributed by atoms with Crippen LogP contribution in [0.3, 0.4) is 0 Å². The van der Waals surface area contributed by atoms with Crippen LogP contribution in [0.5, 0.6) is 0 Å². The molecule has 0 fully saturated rings. The van der Waals surface area contributed by atoms with Gasteiger partial charge in [0, 0.05) is 5.56 Å². The van der Waals surface area contributed by atoms with Crippen LogP contribution in [0.15, 0.2) is 88.6 Å². The molecule has 0 saturated heterocycles. The molecule has 2 atom stereocenters. The van der Waals surface area contributed by atoms with Crippen LogP contribution in [0.1, 0.15) is 34.7 Å². The van der Waals surface area contributed by atoms with Crippen molar-refractivity contribution in [2.45, 2.75) is 25.3 Å². The van der Waals surface area contributed by atoms with Crippen molar-refractivity contribution in [1.82, 2.24) is 5.32 Å². The summed E-state index contributed by atoms with van der Waals surface area (Å²) in [5.74, 6) is -0.576. The second-order valence-electron chi connectivity index (χ2n) is 7.80. The average molecular weight is 395 g/mol. The molecule has 5 rings (SSSR count). The van der Waals surface area contributed by atoms with Crippen molar-refractivity contribution < 1.29 is 9.59 Å². The maximum Gasteiger partial charge on any atom is 0.276 e. The molecule has 1 N–H and O–H groups in total. The van der Waals surface area contributed by atoms with Crippen molar-refractivity contribution in [3.05, 3.63) is 101 Å². The van der Waals surface area contributed by atoms with Crippen LogP contribution in [0.4, 0.5) is 0 Å². The monoisotopic (exact) mass is 395 g/mol. The number of rotatable bonds is 4. The Morgan fingerprint density at radius 3 is 2.73 bits per heavy atom. The van der Waals surface area contributed by atoms with Crippen LogP contribution in [-0.4, -0.2) is 11.8 Å². The molecule has 0 saturated carbocycles. The fourth-order valence-corrected chi connectivity index (χ4v) is 4.35. The molecular weight excluding hydrogens is 374 g/mol. The second-order valence-corrected chi connectivity index (χ2v) is 7.80. The van der Waals surface area contributed by atoms with E-state index < -0.39 is 0 Å². The van der Waals surface area contributed by atoms with Crippen molar-refractivity contribution in [2.75, 3.05) is 0 Å². The lowest BCUT2D eigenvalue weighted by atomic mass is 9.89. The molecule has 30 heavy (non-hydrogen) atoms. The topological polar surface area (TPSA) is 70.9 Å². The Labute approximate surface area is 174 Å². The van der Waals surface area contributed by atoms with Crippen molar-refractivity contribution in [3.8, 4) is 0 Å². The smallest absolute Gasteiger partial charge is 0.276 e. The Morgan fingerprint density at radius 2 is 1.87 bits per heavy atom. The number of azo groups is 1. The standard InChI is InChI=1S/C25H21N3O2/c29-23(26-22-14-13-17-5-1-2-6-19(17)22)15-16-9-11-18(12-10-16)24-20-7-3-4-8-21(20)25(30)28-27-24/h1-12,21-22H,13-15H2,(H,26,29)/t21?,22-/m0/s1. The molecule has 2 aromatic carbocycles. The van der Waals surface area contributed by atoms with E-state index in [1.165, 1.54) is 11.1 Å². The van der Waals surface area contributed by atoms with E-state index in [9.17, 15) is 9.59 Å². The van der Waals surface area contributed by atoms with Crippen LogP contribution >= 0.6 is 0 Å². The summed E-state index contributed by atoms with van der Waals surface area (Å²) in [5, 5.41) is 11.1. The molecule has 0 bridgehead atoms. The number of allylic oxidation sites excluding steroid dienone is 3. The van der Waals surface area contributed by atoms with Gasteiger partial charge in [-0.2, -0.15) is 0 Å². The van der Waals surface area contributed by atoms with Gasteiger partial charge in [0.25, 0.3) is 5.91 Å². The van der Waals surface area contributed by atoms with Crippen molar-refractivity contribution >= 4 is 17.5 Å². The summed E-state index contributed by atoms with van der Waals surface area (Å²) in [6, 6.07) is 16.2. The highest BCUT2D eigenvalue weighted by molar-refractivity contribution is 5.91. The number of nitrogens with one attached hydrogen (secondary N) is 1. The fraction of sp³-hybridized carbons (Fsp3) is 0.200. The van der Waals surface area contributed by atoms with E-state index in [-0.39, 0.29) is 23.8 Å². The SMILES string of the molecule is O=C(Cc1ccc(C2=C3C=CC=CC3C(=O)N=N2)cc1)N[C@H]1CCc2ccccc21. The second kappa shape index (κ2) is 7.67. The molecule has 3 aliphatic rings. The van der Waals surface area contributed by atoms with E-state index in [0.717, 1.165) is 29.5 Å². The van der Waals surface area contributed by atoms with E-state index in [0.29, 0.717) is 12.1 Å². The van der Waals surface area contributed by atoms with Gasteiger partial charge in [-0.25, -0.2) is 0 Å². The van der Waals surface area contributed by atoms with E-state index in [1.807, 2.05) is 60.7 Å². The lowest BCUT2D eigenvalue weighted by molar-refractivity contribution is -0.121. The molecule has 0 radical (unpaired) electrons. The third kappa shape index (κ3) is 3.43. The Kier molecular flexibility index (Phi) is 4.71. The average Bonchev–Trinajstić information content (AvgIpc) is 3.18. The maximum atomic E-state index is 12.6. The van der Waals surface area contributed by atoms with Crippen LogP contribution in [0.2, 0.25) is 0 Å². The number of aryl methyl sites for hydroxylation is 1. The normalized spacial score (nSPS) is 21.5. The predicted molar refractivity (Wildman–Crippen MR) is 114 cm³/mol. The largest absolute Gasteiger partial charge is 0.349 e. The highest BCUT2D eigenvalue weighted by Gasteiger charge is 2.28. The summed E-state index contributed by atoms with van der Waals surface area (Å²) in [7, 11) is 0. The number of benzene rings is 2. The van der Waals surface area contributed by atoms with E-state index in [4.69, 9.17) is 0 Å². The quantitative estimate of drug-likeness (QED) is 0.829. The van der Waals surface area contributed by atoms with Crippen molar-refractivity contribution in [1.29, 1.82) is 0 Å². The summed E-state index contributed by atoms with van der Waals surface area (Å²) >= 11 is 0. The van der Waals surface area contributed by atoms with Crippen LogP contribution in [0.25, 0.3) is 5.70 Å². The minimum absolute atomic E-state index is 0.0230. The van der Waals surface area contributed by atoms with E-state index in [1.54, 1.807) is 0 Å². The van der Waals surface area contributed by atoms with Gasteiger partial charge in [0.1, 0.15) is 0 Å². The number of amides is 2. The van der Waals surface area contributed by atoms with Gasteiger partial charge in [0.15, 0.2) is 0 Å². The molecule has 2 aromatic rings. The van der Waals surface area contributed by atoms with Crippen LogP contribution in [0, 0.1) is 5.92 Å². The molecule has 2 aliphatic carbocycles. The van der Waals surface area contributed by atoms with Crippen LogP contribution in [-0.2, 0) is 22.4 Å². The number of hydrogen-bond acceptors (Lipinski definition) is 3. The molecule has 5 heteroatoms. The first-order valence-electron chi connectivity index (χ1n) is 10.2.